The van der Waals surface area contributed by atoms with Crippen molar-refractivity contribution in [3.8, 4) is 5.82 Å². The molecule has 0 fully saturated rings. The Hall–Kier alpha value is -3.34. The lowest BCUT2D eigenvalue weighted by Gasteiger charge is -2.17. The number of anilines is 1. The minimum Gasteiger partial charge on any atom is -0.360 e. The molecule has 0 bridgehead atoms. The van der Waals surface area contributed by atoms with Crippen molar-refractivity contribution in [2.75, 3.05) is 5.32 Å². The van der Waals surface area contributed by atoms with Crippen LogP contribution in [0.3, 0.4) is 0 Å². The van der Waals surface area contributed by atoms with E-state index in [0.29, 0.717) is 11.6 Å². The van der Waals surface area contributed by atoms with Crippen molar-refractivity contribution >= 4 is 28.3 Å². The Bertz CT molecular complexity index is 1210. The van der Waals surface area contributed by atoms with E-state index < -0.39 is 23.6 Å². The SMILES string of the molecule is CC(Nc1ncnc2c(Cl)cc(C(F)(F)F)cc12)c1ncnn1-c1ccc(F)cn1. The number of rotatable bonds is 4. The highest BCUT2D eigenvalue weighted by Crippen LogP contribution is 2.36. The van der Waals surface area contributed by atoms with E-state index in [9.17, 15) is 17.6 Å². The zero-order chi connectivity index (χ0) is 21.5. The van der Waals surface area contributed by atoms with Crippen LogP contribution in [0, 0.1) is 5.82 Å². The van der Waals surface area contributed by atoms with Crippen LogP contribution in [0.1, 0.15) is 24.4 Å². The molecule has 30 heavy (non-hydrogen) atoms. The second-order valence-corrected chi connectivity index (χ2v) is 6.71. The van der Waals surface area contributed by atoms with Gasteiger partial charge >= 0.3 is 6.18 Å². The standard InChI is InChI=1S/C18H12ClF4N7/c1-9(17-27-8-28-30(17)14-3-2-11(20)6-24-14)29-16-12-4-10(18(21,22)23)5-13(19)15(12)25-7-26-16/h2-9H,1H3,(H,25,26,29). The third-order valence-electron chi connectivity index (χ3n) is 4.26. The summed E-state index contributed by atoms with van der Waals surface area (Å²) in [5, 5.41) is 7.06. The monoisotopic (exact) mass is 437 g/mol. The Kier molecular flexibility index (Phi) is 4.98. The number of fused-ring (bicyclic) bond motifs is 1. The fourth-order valence-corrected chi connectivity index (χ4v) is 3.16. The average molecular weight is 438 g/mol. The molecule has 4 aromatic rings. The lowest BCUT2D eigenvalue weighted by molar-refractivity contribution is -0.137. The Balaban J connectivity index is 1.73. The van der Waals surface area contributed by atoms with Crippen LogP contribution >= 0.6 is 11.6 Å². The number of halogens is 5. The van der Waals surface area contributed by atoms with E-state index in [1.807, 2.05) is 0 Å². The maximum Gasteiger partial charge on any atom is 0.416 e. The summed E-state index contributed by atoms with van der Waals surface area (Å²) in [4.78, 5) is 16.2. The van der Waals surface area contributed by atoms with Crippen molar-refractivity contribution in [2.24, 2.45) is 0 Å². The predicted molar refractivity (Wildman–Crippen MR) is 101 cm³/mol. The van der Waals surface area contributed by atoms with Gasteiger partial charge in [0, 0.05) is 5.39 Å². The number of aromatic nitrogens is 6. The molecule has 1 N–H and O–H groups in total. The highest BCUT2D eigenvalue weighted by molar-refractivity contribution is 6.35. The molecule has 12 heteroatoms. The number of hydrogen-bond acceptors (Lipinski definition) is 6. The normalized spacial score (nSPS) is 12.9. The summed E-state index contributed by atoms with van der Waals surface area (Å²) >= 11 is 6.01. The Labute approximate surface area is 171 Å². The molecule has 154 valence electrons. The summed E-state index contributed by atoms with van der Waals surface area (Å²) in [6.07, 6.45) is -1.06. The maximum absolute atomic E-state index is 13.2. The Morgan fingerprint density at radius 3 is 2.57 bits per heavy atom. The molecule has 0 radical (unpaired) electrons. The first-order chi connectivity index (χ1) is 14.2. The summed E-state index contributed by atoms with van der Waals surface area (Å²) in [6.45, 7) is 1.72. The molecule has 1 aromatic carbocycles. The van der Waals surface area contributed by atoms with Crippen molar-refractivity contribution < 1.29 is 17.6 Å². The molecule has 3 heterocycles. The van der Waals surface area contributed by atoms with Gasteiger partial charge in [-0.15, -0.1) is 0 Å². The van der Waals surface area contributed by atoms with Gasteiger partial charge in [0.05, 0.1) is 28.3 Å². The van der Waals surface area contributed by atoms with E-state index >= 15 is 0 Å². The van der Waals surface area contributed by atoms with Gasteiger partial charge in [-0.3, -0.25) is 0 Å². The van der Waals surface area contributed by atoms with Gasteiger partial charge < -0.3 is 5.32 Å². The van der Waals surface area contributed by atoms with E-state index in [0.717, 1.165) is 18.3 Å². The second kappa shape index (κ2) is 7.48. The van der Waals surface area contributed by atoms with Gasteiger partial charge in [0.25, 0.3) is 0 Å². The van der Waals surface area contributed by atoms with Gasteiger partial charge in [0.2, 0.25) is 0 Å². The van der Waals surface area contributed by atoms with Crippen LogP contribution in [0.4, 0.5) is 23.4 Å². The van der Waals surface area contributed by atoms with Crippen LogP contribution in [-0.2, 0) is 6.18 Å². The fraction of sp³-hybridized carbons (Fsp3) is 0.167. The summed E-state index contributed by atoms with van der Waals surface area (Å²) in [7, 11) is 0. The van der Waals surface area contributed by atoms with E-state index in [-0.39, 0.29) is 21.7 Å². The van der Waals surface area contributed by atoms with Crippen molar-refractivity contribution in [2.45, 2.75) is 19.1 Å². The number of benzene rings is 1. The van der Waals surface area contributed by atoms with Crippen molar-refractivity contribution in [3.63, 3.8) is 0 Å². The molecule has 0 saturated heterocycles. The molecule has 0 aliphatic heterocycles. The van der Waals surface area contributed by atoms with Crippen molar-refractivity contribution in [1.82, 2.24) is 29.7 Å². The van der Waals surface area contributed by atoms with Crippen LogP contribution in [0.25, 0.3) is 16.7 Å². The van der Waals surface area contributed by atoms with Gasteiger partial charge in [0.1, 0.15) is 24.3 Å². The van der Waals surface area contributed by atoms with Gasteiger partial charge in [-0.1, -0.05) is 11.6 Å². The van der Waals surface area contributed by atoms with Crippen LogP contribution in [-0.4, -0.2) is 29.7 Å². The largest absolute Gasteiger partial charge is 0.416 e. The summed E-state index contributed by atoms with van der Waals surface area (Å²) in [6, 6.07) is 3.86. The zero-order valence-corrected chi connectivity index (χ0v) is 15.9. The van der Waals surface area contributed by atoms with E-state index in [2.05, 4.69) is 30.4 Å². The first-order valence-electron chi connectivity index (χ1n) is 8.54. The summed E-state index contributed by atoms with van der Waals surface area (Å²) < 4.78 is 54.2. The molecular formula is C18H12ClF4N7. The molecule has 1 unspecified atom stereocenters. The maximum atomic E-state index is 13.2. The van der Waals surface area contributed by atoms with E-state index in [1.165, 1.54) is 29.5 Å². The minimum absolute atomic E-state index is 0.107. The number of alkyl halides is 3. The third-order valence-corrected chi connectivity index (χ3v) is 4.55. The zero-order valence-electron chi connectivity index (χ0n) is 15.2. The lowest BCUT2D eigenvalue weighted by atomic mass is 10.1. The predicted octanol–water partition coefficient (Wildman–Crippen LogP) is 4.59. The van der Waals surface area contributed by atoms with Crippen LogP contribution in [0.5, 0.6) is 0 Å². The first kappa shape index (κ1) is 20.0. The molecular weight excluding hydrogens is 426 g/mol. The molecule has 0 amide bonds. The van der Waals surface area contributed by atoms with Gasteiger partial charge in [-0.2, -0.15) is 23.0 Å². The molecule has 1 atom stereocenters. The van der Waals surface area contributed by atoms with Gasteiger partial charge in [-0.05, 0) is 31.2 Å². The lowest BCUT2D eigenvalue weighted by Crippen LogP contribution is -2.15. The number of nitrogens with zero attached hydrogens (tertiary/aromatic N) is 6. The van der Waals surface area contributed by atoms with Crippen molar-refractivity contribution in [3.05, 3.63) is 65.3 Å². The van der Waals surface area contributed by atoms with Gasteiger partial charge in [-0.25, -0.2) is 24.3 Å². The quantitative estimate of drug-likeness (QED) is 0.470. The third kappa shape index (κ3) is 3.75. The summed E-state index contributed by atoms with van der Waals surface area (Å²) in [5.41, 5.74) is -0.736. The molecule has 0 saturated carbocycles. The highest BCUT2D eigenvalue weighted by Gasteiger charge is 2.32. The van der Waals surface area contributed by atoms with Crippen LogP contribution in [0.15, 0.2) is 43.1 Å². The number of hydrogen-bond donors (Lipinski definition) is 1. The Morgan fingerprint density at radius 2 is 1.87 bits per heavy atom. The summed E-state index contributed by atoms with van der Waals surface area (Å²) in [5.74, 6) is 0.352. The molecule has 4 rings (SSSR count). The molecule has 7 nitrogen and oxygen atoms in total. The first-order valence-corrected chi connectivity index (χ1v) is 8.91. The topological polar surface area (TPSA) is 81.4 Å². The second-order valence-electron chi connectivity index (χ2n) is 6.30. The van der Waals surface area contributed by atoms with Crippen LogP contribution < -0.4 is 5.32 Å². The molecule has 3 aromatic heterocycles. The van der Waals surface area contributed by atoms with E-state index in [1.54, 1.807) is 6.92 Å². The van der Waals surface area contributed by atoms with Crippen LogP contribution in [0.2, 0.25) is 5.02 Å². The average Bonchev–Trinajstić information content (AvgIpc) is 3.18. The van der Waals surface area contributed by atoms with Gasteiger partial charge in [0.15, 0.2) is 11.6 Å². The molecule has 0 aliphatic rings. The van der Waals surface area contributed by atoms with E-state index in [4.69, 9.17) is 11.6 Å². The Morgan fingerprint density at radius 1 is 1.07 bits per heavy atom. The number of pyridine rings is 1. The number of nitrogens with one attached hydrogen (secondary N) is 1. The minimum atomic E-state index is -4.58. The highest BCUT2D eigenvalue weighted by atomic mass is 35.5. The molecule has 0 spiro atoms. The smallest absolute Gasteiger partial charge is 0.360 e. The fourth-order valence-electron chi connectivity index (χ4n) is 2.89. The molecule has 0 aliphatic carbocycles. The van der Waals surface area contributed by atoms with Crippen molar-refractivity contribution in [1.29, 1.82) is 0 Å².